The molecule has 2 aromatic heterocycles. The highest BCUT2D eigenvalue weighted by Crippen LogP contribution is 2.63. The summed E-state index contributed by atoms with van der Waals surface area (Å²) in [5, 5.41) is 5.15. The van der Waals surface area contributed by atoms with Crippen molar-refractivity contribution >= 4 is 66.7 Å². The Morgan fingerprint density at radius 2 is 1.00 bits per heavy atom. The topological polar surface area (TPSA) is 19.1 Å². The van der Waals surface area contributed by atoms with Crippen LogP contribution < -0.4 is 21.1 Å². The van der Waals surface area contributed by atoms with E-state index in [2.05, 4.69) is 227 Å². The van der Waals surface area contributed by atoms with Crippen molar-refractivity contribution in [2.24, 2.45) is 0 Å². The summed E-state index contributed by atoms with van der Waals surface area (Å²) < 4.78 is 12.3. The number of nitrogens with zero attached hydrogens (tertiary/aromatic N) is 2. The van der Waals surface area contributed by atoms with Crippen LogP contribution in [-0.2, 0) is 16.2 Å². The van der Waals surface area contributed by atoms with Crippen molar-refractivity contribution in [3.63, 3.8) is 0 Å². The Kier molecular flexibility index (Phi) is 7.00. The average molecular weight is 859 g/mol. The van der Waals surface area contributed by atoms with Crippen molar-refractivity contribution in [2.75, 3.05) is 0 Å². The first-order chi connectivity index (χ1) is 32.5. The van der Waals surface area contributed by atoms with Gasteiger partial charge in [-0.15, -0.1) is 0 Å². The van der Waals surface area contributed by atoms with Crippen molar-refractivity contribution in [1.82, 2.24) is 9.13 Å². The lowest BCUT2D eigenvalue weighted by Gasteiger charge is -2.35. The Labute approximate surface area is 391 Å². The molecular formula is C63H47BN2O. The lowest BCUT2D eigenvalue weighted by molar-refractivity contribution is 0.486. The van der Waals surface area contributed by atoms with Crippen LogP contribution in [0.25, 0.3) is 77.2 Å². The Morgan fingerprint density at radius 1 is 0.433 bits per heavy atom. The zero-order chi connectivity index (χ0) is 44.9. The number of para-hydroxylation sites is 2. The molecule has 11 aromatic rings. The van der Waals surface area contributed by atoms with Gasteiger partial charge in [-0.3, -0.25) is 0 Å². The van der Waals surface area contributed by atoms with Crippen LogP contribution in [0.2, 0.25) is 0 Å². The Bertz CT molecular complexity index is 3980. The van der Waals surface area contributed by atoms with Gasteiger partial charge < -0.3 is 13.9 Å². The summed E-state index contributed by atoms with van der Waals surface area (Å²) in [4.78, 5) is 0. The first-order valence-electron chi connectivity index (χ1n) is 24.0. The highest BCUT2D eigenvalue weighted by Gasteiger charge is 2.53. The first-order valence-corrected chi connectivity index (χ1v) is 24.0. The summed E-state index contributed by atoms with van der Waals surface area (Å²) in [5.74, 6) is 1.88. The second-order valence-electron chi connectivity index (χ2n) is 21.6. The van der Waals surface area contributed by atoms with Gasteiger partial charge in [0, 0.05) is 38.4 Å². The lowest BCUT2D eigenvalue weighted by Crippen LogP contribution is -2.58. The number of hydrogen-bond donors (Lipinski definition) is 0. The van der Waals surface area contributed by atoms with Crippen molar-refractivity contribution in [2.45, 2.75) is 57.8 Å². The minimum absolute atomic E-state index is 0.00579. The fourth-order valence-electron chi connectivity index (χ4n) is 13.2. The van der Waals surface area contributed by atoms with E-state index in [9.17, 15) is 0 Å². The minimum Gasteiger partial charge on any atom is -0.458 e. The van der Waals surface area contributed by atoms with Gasteiger partial charge in [-0.1, -0.05) is 169 Å². The second-order valence-corrected chi connectivity index (χ2v) is 21.6. The van der Waals surface area contributed by atoms with E-state index in [4.69, 9.17) is 4.74 Å². The lowest BCUT2D eigenvalue weighted by atomic mass is 9.34. The molecule has 318 valence electrons. The van der Waals surface area contributed by atoms with Gasteiger partial charge in [0.05, 0.1) is 22.0 Å². The summed E-state index contributed by atoms with van der Waals surface area (Å²) in [6.07, 6.45) is 0. The van der Waals surface area contributed by atoms with E-state index in [0.717, 1.165) is 11.5 Å². The van der Waals surface area contributed by atoms with Crippen molar-refractivity contribution in [3.8, 4) is 45.1 Å². The third-order valence-electron chi connectivity index (χ3n) is 16.1. The summed E-state index contributed by atoms with van der Waals surface area (Å²) in [7, 11) is 0. The minimum atomic E-state index is -0.439. The molecule has 0 radical (unpaired) electrons. The Hall–Kier alpha value is -7.56. The van der Waals surface area contributed by atoms with E-state index in [0.29, 0.717) is 0 Å². The molecule has 67 heavy (non-hydrogen) atoms. The molecule has 1 spiro atoms. The molecular weight excluding hydrogens is 812 g/mol. The highest BCUT2D eigenvalue weighted by atomic mass is 16.5. The average Bonchev–Trinajstić information content (AvgIpc) is 4.04. The number of hydrogen-bond acceptors (Lipinski definition) is 1. The van der Waals surface area contributed by atoms with Crippen LogP contribution in [0.4, 0.5) is 0 Å². The van der Waals surface area contributed by atoms with E-state index in [1.807, 2.05) is 0 Å². The van der Waals surface area contributed by atoms with Crippen LogP contribution in [0.3, 0.4) is 0 Å². The fourth-order valence-corrected chi connectivity index (χ4v) is 13.2. The molecule has 4 aliphatic rings. The molecule has 3 nitrogen and oxygen atoms in total. The largest absolute Gasteiger partial charge is 0.458 e. The molecule has 0 bridgehead atoms. The van der Waals surface area contributed by atoms with Crippen LogP contribution in [-0.4, -0.2) is 15.8 Å². The van der Waals surface area contributed by atoms with Gasteiger partial charge in [0.25, 0.3) is 6.71 Å². The molecule has 0 saturated carbocycles. The number of rotatable bonds is 1. The number of aromatic nitrogens is 2. The van der Waals surface area contributed by atoms with Crippen LogP contribution in [0.5, 0.6) is 11.5 Å². The van der Waals surface area contributed by atoms with E-state index in [-0.39, 0.29) is 17.5 Å². The molecule has 0 unspecified atom stereocenters. The molecule has 0 saturated heterocycles. The number of fused-ring (bicyclic) bond motifs is 21. The van der Waals surface area contributed by atoms with E-state index in [1.165, 1.54) is 127 Å². The van der Waals surface area contributed by atoms with Gasteiger partial charge in [-0.25, -0.2) is 0 Å². The summed E-state index contributed by atoms with van der Waals surface area (Å²) >= 11 is 0. The van der Waals surface area contributed by atoms with Gasteiger partial charge in [-0.2, -0.15) is 0 Å². The van der Waals surface area contributed by atoms with Crippen molar-refractivity contribution in [3.05, 3.63) is 209 Å². The zero-order valence-electron chi connectivity index (χ0n) is 38.6. The molecule has 0 fully saturated rings. The van der Waals surface area contributed by atoms with Crippen LogP contribution in [0, 0.1) is 0 Å². The van der Waals surface area contributed by atoms with Gasteiger partial charge in [0.15, 0.2) is 0 Å². The number of ether oxygens (including phenoxy) is 1. The molecule has 0 N–H and O–H groups in total. The van der Waals surface area contributed by atoms with Crippen LogP contribution >= 0.6 is 0 Å². The maximum Gasteiger partial charge on any atom is 0.256 e. The summed E-state index contributed by atoms with van der Waals surface area (Å²) in [6, 6.07) is 67.0. The monoisotopic (exact) mass is 858 g/mol. The second kappa shape index (κ2) is 12.5. The van der Waals surface area contributed by atoms with Gasteiger partial charge in [-0.05, 0) is 131 Å². The third-order valence-corrected chi connectivity index (χ3v) is 16.1. The molecule has 2 aliphatic carbocycles. The summed E-state index contributed by atoms with van der Waals surface area (Å²) in [6.45, 7) is 14.0. The predicted octanol–water partition coefficient (Wildman–Crippen LogP) is 13.8. The fraction of sp³-hybridized carbons (Fsp3) is 0.143. The smallest absolute Gasteiger partial charge is 0.256 e. The van der Waals surface area contributed by atoms with Crippen molar-refractivity contribution < 1.29 is 4.74 Å². The maximum atomic E-state index is 7.26. The first kappa shape index (κ1) is 37.6. The van der Waals surface area contributed by atoms with Gasteiger partial charge >= 0.3 is 0 Å². The van der Waals surface area contributed by atoms with Gasteiger partial charge in [0.2, 0.25) is 0 Å². The van der Waals surface area contributed by atoms with E-state index in [1.54, 1.807) is 0 Å². The molecule has 0 amide bonds. The van der Waals surface area contributed by atoms with E-state index >= 15 is 0 Å². The van der Waals surface area contributed by atoms with Gasteiger partial charge in [0.1, 0.15) is 11.5 Å². The highest BCUT2D eigenvalue weighted by molar-refractivity contribution is 6.99. The maximum absolute atomic E-state index is 7.26. The Morgan fingerprint density at radius 3 is 1.67 bits per heavy atom. The SMILES string of the molecule is CC(C)(C)c1cc(-n2c3ccccc3c3c4c5cccc6c5n(c4ccc32)-c2cccc3c2B6c2cc4c(cc2O3)C2(c3ccccc3-c3ccccc32)c2ccccc2-4)cc(C(C)(C)C)c1. The van der Waals surface area contributed by atoms with Crippen LogP contribution in [0.15, 0.2) is 176 Å². The molecule has 0 atom stereocenters. The predicted molar refractivity (Wildman–Crippen MR) is 280 cm³/mol. The molecule has 4 heterocycles. The normalized spacial score (nSPS) is 14.6. The molecule has 15 rings (SSSR count). The van der Waals surface area contributed by atoms with Crippen molar-refractivity contribution in [1.29, 1.82) is 0 Å². The molecule has 4 heteroatoms. The standard InChI is InChI=1S/C63H47BN2O/c1-61(2,3)36-31-37(62(4,5)6)33-38(32-36)65-51-26-14-10-20-42(51)57-52(65)29-30-53-58(57)43-21-15-25-49-60(43)66(53)54-27-16-28-55-59(54)64(49)50-34-44-41-19-9-13-24-47(41)63(48(44)35-56(50)67-55)45-22-11-7-17-39(45)40-18-8-12-23-46(40)63/h7-35H,1-6H3. The Balaban J connectivity index is 1.01. The molecule has 9 aromatic carbocycles. The van der Waals surface area contributed by atoms with Crippen LogP contribution in [0.1, 0.15) is 74.9 Å². The number of benzene rings is 9. The quantitative estimate of drug-likeness (QED) is 0.151. The summed E-state index contributed by atoms with van der Waals surface area (Å²) in [5.41, 5.74) is 23.9. The third kappa shape index (κ3) is 4.59. The zero-order valence-corrected chi connectivity index (χ0v) is 38.6. The molecule has 2 aliphatic heterocycles. The van der Waals surface area contributed by atoms with E-state index < -0.39 is 5.41 Å².